The maximum Gasteiger partial charge on any atom is 0.114 e. The first kappa shape index (κ1) is 17.5. The Balaban J connectivity index is 3.26. The van der Waals surface area contributed by atoms with E-state index in [2.05, 4.69) is 25.7 Å². The fourth-order valence-corrected chi connectivity index (χ4v) is 2.02. The smallest absolute Gasteiger partial charge is 0.114 e. The molecule has 0 saturated carbocycles. The first-order chi connectivity index (χ1) is 8.81. The van der Waals surface area contributed by atoms with Crippen molar-refractivity contribution < 1.29 is 5.11 Å². The van der Waals surface area contributed by atoms with Crippen molar-refractivity contribution in [1.82, 2.24) is 0 Å². The van der Waals surface area contributed by atoms with Crippen LogP contribution in [0.3, 0.4) is 0 Å². The van der Waals surface area contributed by atoms with Crippen LogP contribution in [0.25, 0.3) is 0 Å². The van der Waals surface area contributed by atoms with Crippen LogP contribution in [-0.4, -0.2) is 11.2 Å². The molecule has 0 aliphatic heterocycles. The number of unbranched alkanes of at least 4 members (excludes halogenated alkanes) is 9. The molecule has 0 unspecified atom stereocenters. The molecule has 1 heteroatoms. The van der Waals surface area contributed by atoms with Gasteiger partial charge in [0.25, 0.3) is 0 Å². The molecule has 1 N–H and O–H groups in total. The molecule has 0 spiro atoms. The van der Waals surface area contributed by atoms with Crippen LogP contribution in [0.2, 0.25) is 0 Å². The Morgan fingerprint density at radius 1 is 0.778 bits per heavy atom. The monoisotopic (exact) mass is 252 g/mol. The van der Waals surface area contributed by atoms with Crippen molar-refractivity contribution in [2.24, 2.45) is 0 Å². The number of hydrogen-bond donors (Lipinski definition) is 1. The lowest BCUT2D eigenvalue weighted by atomic mass is 10.1. The lowest BCUT2D eigenvalue weighted by molar-refractivity contribution is 0.217. The van der Waals surface area contributed by atoms with E-state index in [4.69, 9.17) is 0 Å². The molecule has 0 amide bonds. The van der Waals surface area contributed by atoms with Crippen molar-refractivity contribution in [3.05, 3.63) is 0 Å². The van der Waals surface area contributed by atoms with E-state index in [1.807, 2.05) is 0 Å². The van der Waals surface area contributed by atoms with Gasteiger partial charge in [-0.25, -0.2) is 0 Å². The minimum atomic E-state index is -0.388. The largest absolute Gasteiger partial charge is 0.380 e. The lowest BCUT2D eigenvalue weighted by Gasteiger charge is -2.01. The average Bonchev–Trinajstić information content (AvgIpc) is 2.37. The third kappa shape index (κ3) is 13.6. The second kappa shape index (κ2) is 14.6. The van der Waals surface area contributed by atoms with Gasteiger partial charge in [-0.2, -0.15) is 0 Å². The van der Waals surface area contributed by atoms with Crippen molar-refractivity contribution in [2.45, 2.75) is 97.0 Å². The quantitative estimate of drug-likeness (QED) is 0.402. The second-order valence-corrected chi connectivity index (χ2v) is 5.20. The molecule has 0 aromatic heterocycles. The Kier molecular flexibility index (Phi) is 14.2. The van der Waals surface area contributed by atoms with E-state index in [-0.39, 0.29) is 6.10 Å². The molecule has 1 nitrogen and oxygen atoms in total. The SMILES string of the molecule is CCCCCCCCCC#C[C@@H](O)CCCCC. The summed E-state index contributed by atoms with van der Waals surface area (Å²) in [4.78, 5) is 0. The van der Waals surface area contributed by atoms with Crippen molar-refractivity contribution in [1.29, 1.82) is 0 Å². The topological polar surface area (TPSA) is 20.2 Å². The Morgan fingerprint density at radius 3 is 2.00 bits per heavy atom. The molecule has 0 aromatic rings. The maximum absolute atomic E-state index is 9.60. The molecule has 0 rings (SSSR count). The normalized spacial score (nSPS) is 11.9. The van der Waals surface area contributed by atoms with Crippen LogP contribution >= 0.6 is 0 Å². The molecule has 0 radical (unpaired) electrons. The van der Waals surface area contributed by atoms with E-state index in [0.29, 0.717) is 0 Å². The highest BCUT2D eigenvalue weighted by molar-refractivity contribution is 5.04. The standard InChI is InChI=1S/C17H32O/c1-3-5-7-8-9-10-11-12-14-16-17(18)15-13-6-4-2/h17-18H,3-13,15H2,1-2H3/t17-/m0/s1. The van der Waals surface area contributed by atoms with Gasteiger partial charge in [0.2, 0.25) is 0 Å². The van der Waals surface area contributed by atoms with E-state index in [0.717, 1.165) is 19.3 Å². The van der Waals surface area contributed by atoms with E-state index in [1.54, 1.807) is 0 Å². The zero-order valence-electron chi connectivity index (χ0n) is 12.5. The van der Waals surface area contributed by atoms with Crippen molar-refractivity contribution >= 4 is 0 Å². The highest BCUT2D eigenvalue weighted by atomic mass is 16.3. The summed E-state index contributed by atoms with van der Waals surface area (Å²) in [6, 6.07) is 0. The minimum Gasteiger partial charge on any atom is -0.380 e. The van der Waals surface area contributed by atoms with Gasteiger partial charge in [-0.15, -0.1) is 5.92 Å². The lowest BCUT2D eigenvalue weighted by Crippen LogP contribution is -2.01. The van der Waals surface area contributed by atoms with Crippen molar-refractivity contribution in [3.8, 4) is 11.8 Å². The van der Waals surface area contributed by atoms with Crippen LogP contribution < -0.4 is 0 Å². The number of hydrogen-bond acceptors (Lipinski definition) is 1. The van der Waals surface area contributed by atoms with Gasteiger partial charge in [0.05, 0.1) is 0 Å². The van der Waals surface area contributed by atoms with Gasteiger partial charge in [-0.05, 0) is 19.3 Å². The molecule has 0 aliphatic carbocycles. The van der Waals surface area contributed by atoms with Crippen molar-refractivity contribution in [3.63, 3.8) is 0 Å². The molecule has 0 heterocycles. The van der Waals surface area contributed by atoms with Gasteiger partial charge in [0.15, 0.2) is 0 Å². The predicted molar refractivity (Wildman–Crippen MR) is 80.5 cm³/mol. The van der Waals surface area contributed by atoms with Gasteiger partial charge in [-0.3, -0.25) is 0 Å². The molecule has 18 heavy (non-hydrogen) atoms. The molecule has 0 aromatic carbocycles. The highest BCUT2D eigenvalue weighted by Gasteiger charge is 1.97. The predicted octanol–water partition coefficient (Wildman–Crippen LogP) is 5.07. The summed E-state index contributed by atoms with van der Waals surface area (Å²) in [5.74, 6) is 6.07. The summed E-state index contributed by atoms with van der Waals surface area (Å²) in [5.41, 5.74) is 0. The van der Waals surface area contributed by atoms with Gasteiger partial charge in [0, 0.05) is 6.42 Å². The Bertz CT molecular complexity index is 211. The highest BCUT2D eigenvalue weighted by Crippen LogP contribution is 2.08. The fraction of sp³-hybridized carbons (Fsp3) is 0.882. The van der Waals surface area contributed by atoms with Crippen LogP contribution in [0, 0.1) is 11.8 Å². The zero-order valence-corrected chi connectivity index (χ0v) is 12.5. The van der Waals surface area contributed by atoms with Crippen molar-refractivity contribution in [2.75, 3.05) is 0 Å². The molecule has 1 atom stereocenters. The van der Waals surface area contributed by atoms with E-state index in [9.17, 15) is 5.11 Å². The van der Waals surface area contributed by atoms with Crippen LogP contribution in [0.4, 0.5) is 0 Å². The van der Waals surface area contributed by atoms with Gasteiger partial charge >= 0.3 is 0 Å². The Hall–Kier alpha value is -0.480. The summed E-state index contributed by atoms with van der Waals surface area (Å²) in [7, 11) is 0. The summed E-state index contributed by atoms with van der Waals surface area (Å²) in [5, 5.41) is 9.60. The average molecular weight is 252 g/mol. The third-order valence-corrected chi connectivity index (χ3v) is 3.26. The van der Waals surface area contributed by atoms with E-state index >= 15 is 0 Å². The first-order valence-corrected chi connectivity index (χ1v) is 7.97. The first-order valence-electron chi connectivity index (χ1n) is 7.97. The zero-order chi connectivity index (χ0) is 13.5. The minimum absolute atomic E-state index is 0.388. The molecule has 0 fully saturated rings. The molecular weight excluding hydrogens is 220 g/mol. The second-order valence-electron chi connectivity index (χ2n) is 5.20. The van der Waals surface area contributed by atoms with Gasteiger partial charge in [0.1, 0.15) is 6.10 Å². The molecule has 0 saturated heterocycles. The van der Waals surface area contributed by atoms with Crippen LogP contribution in [0.15, 0.2) is 0 Å². The van der Waals surface area contributed by atoms with E-state index in [1.165, 1.54) is 57.8 Å². The van der Waals surface area contributed by atoms with Gasteiger partial charge in [-0.1, -0.05) is 71.1 Å². The van der Waals surface area contributed by atoms with E-state index < -0.39 is 0 Å². The summed E-state index contributed by atoms with van der Waals surface area (Å²) in [6.45, 7) is 4.43. The maximum atomic E-state index is 9.60. The summed E-state index contributed by atoms with van der Waals surface area (Å²) in [6.07, 6.45) is 14.2. The molecule has 106 valence electrons. The Labute approximate surface area is 114 Å². The molecule has 0 aliphatic rings. The van der Waals surface area contributed by atoms with Crippen LogP contribution in [0.1, 0.15) is 90.9 Å². The number of rotatable bonds is 11. The fourth-order valence-electron chi connectivity index (χ4n) is 2.02. The van der Waals surface area contributed by atoms with Crippen LogP contribution in [0.5, 0.6) is 0 Å². The summed E-state index contributed by atoms with van der Waals surface area (Å²) < 4.78 is 0. The summed E-state index contributed by atoms with van der Waals surface area (Å²) >= 11 is 0. The molecule has 0 bridgehead atoms. The third-order valence-electron chi connectivity index (χ3n) is 3.26. The molecular formula is C17H32O. The number of aliphatic hydroxyl groups is 1. The Morgan fingerprint density at radius 2 is 1.33 bits per heavy atom. The number of aliphatic hydroxyl groups excluding tert-OH is 1. The van der Waals surface area contributed by atoms with Crippen LogP contribution in [-0.2, 0) is 0 Å². The van der Waals surface area contributed by atoms with Gasteiger partial charge < -0.3 is 5.11 Å².